The Bertz CT molecular complexity index is 753. The lowest BCUT2D eigenvalue weighted by Gasteiger charge is -1.94. The van der Waals surface area contributed by atoms with Crippen molar-refractivity contribution in [2.75, 3.05) is 0 Å². The highest BCUT2D eigenvalue weighted by Crippen LogP contribution is 2.18. The van der Waals surface area contributed by atoms with Gasteiger partial charge in [0.05, 0.1) is 11.4 Å². The van der Waals surface area contributed by atoms with Crippen LogP contribution in [0.3, 0.4) is 0 Å². The Morgan fingerprint density at radius 3 is 2.27 bits per heavy atom. The quantitative estimate of drug-likeness (QED) is 0.499. The molecule has 0 amide bonds. The van der Waals surface area contributed by atoms with Crippen LogP contribution in [0.25, 0.3) is 17.3 Å². The van der Waals surface area contributed by atoms with E-state index in [2.05, 4.69) is 23.4 Å². The van der Waals surface area contributed by atoms with E-state index in [1.54, 1.807) is 30.4 Å². The number of hydrogen-bond donors (Lipinski definition) is 1. The molecule has 1 N–H and O–H groups in total. The van der Waals surface area contributed by atoms with E-state index in [4.69, 9.17) is 0 Å². The maximum atomic E-state index is 12.9. The minimum atomic E-state index is -0.295. The van der Waals surface area contributed by atoms with E-state index in [0.29, 0.717) is 17.0 Å². The summed E-state index contributed by atoms with van der Waals surface area (Å²) >= 11 is 0. The number of ketones is 1. The summed E-state index contributed by atoms with van der Waals surface area (Å²) in [5.41, 5.74) is 2.61. The number of rotatable bonds is 6. The molecule has 4 heteroatoms. The van der Waals surface area contributed by atoms with Crippen LogP contribution >= 0.6 is 0 Å². The number of carbonyl (C=O) groups is 1. The molecule has 1 aromatic heterocycles. The fraction of sp³-hybridized carbons (Fsp3) is 0.182. The summed E-state index contributed by atoms with van der Waals surface area (Å²) in [7, 11) is 0. The summed E-state index contributed by atoms with van der Waals surface area (Å²) in [4.78, 5) is 11.9. The van der Waals surface area contributed by atoms with E-state index >= 15 is 0 Å². The van der Waals surface area contributed by atoms with Crippen molar-refractivity contribution in [3.05, 3.63) is 84.9 Å². The maximum Gasteiger partial charge on any atom is 0.185 e. The first kappa shape index (κ1) is 23.0. The Balaban J connectivity index is 0.00000146. The van der Waals surface area contributed by atoms with Crippen molar-refractivity contribution in [3.8, 4) is 11.3 Å². The van der Waals surface area contributed by atoms with Crippen LogP contribution in [0.1, 0.15) is 33.4 Å². The molecule has 138 valence electrons. The number of nitrogens with one attached hydrogen (secondary N) is 1. The van der Waals surface area contributed by atoms with Crippen molar-refractivity contribution in [2.24, 2.45) is 0 Å². The highest BCUT2D eigenvalue weighted by atomic mass is 19.1. The predicted octanol–water partition coefficient (Wildman–Crippen LogP) is 6.15. The summed E-state index contributed by atoms with van der Waals surface area (Å²) in [6.07, 6.45) is 7.66. The first-order valence-electron chi connectivity index (χ1n) is 8.63. The Kier molecular flexibility index (Phi) is 11.8. The van der Waals surface area contributed by atoms with Gasteiger partial charge in [-0.2, -0.15) is 5.10 Å². The lowest BCUT2D eigenvalue weighted by molar-refractivity contribution is -0.111. The van der Waals surface area contributed by atoms with Gasteiger partial charge in [0.25, 0.3) is 0 Å². The molecular weight excluding hydrogens is 327 g/mol. The number of halogens is 1. The number of aromatic nitrogens is 2. The van der Waals surface area contributed by atoms with Gasteiger partial charge in [-0.05, 0) is 42.5 Å². The molecule has 0 saturated heterocycles. The molecule has 0 aliphatic heterocycles. The molecule has 0 aliphatic carbocycles. The van der Waals surface area contributed by atoms with Crippen LogP contribution in [-0.4, -0.2) is 16.0 Å². The number of aromatic amines is 1. The second-order valence-corrected chi connectivity index (χ2v) is 4.47. The van der Waals surface area contributed by atoms with Gasteiger partial charge in [-0.15, -0.1) is 0 Å². The Morgan fingerprint density at radius 1 is 1.12 bits per heavy atom. The Morgan fingerprint density at radius 2 is 1.73 bits per heavy atom. The molecule has 0 unspecified atom stereocenters. The zero-order valence-corrected chi connectivity index (χ0v) is 15.9. The maximum absolute atomic E-state index is 12.9. The van der Waals surface area contributed by atoms with Crippen LogP contribution in [0.2, 0.25) is 0 Å². The molecule has 0 aliphatic rings. The summed E-state index contributed by atoms with van der Waals surface area (Å²) in [6, 6.07) is 7.82. The van der Waals surface area contributed by atoms with Gasteiger partial charge in [-0.25, -0.2) is 4.39 Å². The summed E-state index contributed by atoms with van der Waals surface area (Å²) in [6.45, 7) is 15.1. The average molecular weight is 354 g/mol. The van der Waals surface area contributed by atoms with E-state index in [1.165, 1.54) is 30.4 Å². The summed E-state index contributed by atoms with van der Waals surface area (Å²) in [5.74, 6) is -0.469. The fourth-order valence-corrected chi connectivity index (χ4v) is 1.83. The number of hydrogen-bond acceptors (Lipinski definition) is 2. The number of benzene rings is 1. The molecular formula is C22H27FN2O. The predicted molar refractivity (Wildman–Crippen MR) is 109 cm³/mol. The third-order valence-corrected chi connectivity index (χ3v) is 2.95. The molecule has 0 saturated carbocycles. The Hall–Kier alpha value is -3.01. The van der Waals surface area contributed by atoms with Crippen molar-refractivity contribution in [1.82, 2.24) is 10.2 Å². The minimum Gasteiger partial charge on any atom is -0.289 e. The Labute approximate surface area is 155 Å². The molecule has 0 spiro atoms. The van der Waals surface area contributed by atoms with E-state index in [9.17, 15) is 9.18 Å². The third kappa shape index (κ3) is 7.26. The average Bonchev–Trinajstić information content (AvgIpc) is 3.17. The van der Waals surface area contributed by atoms with Crippen LogP contribution in [-0.2, 0) is 4.79 Å². The molecule has 1 heterocycles. The lowest BCUT2D eigenvalue weighted by Crippen LogP contribution is -1.94. The van der Waals surface area contributed by atoms with Crippen molar-refractivity contribution >= 4 is 11.9 Å². The van der Waals surface area contributed by atoms with E-state index in [1.807, 2.05) is 27.7 Å². The van der Waals surface area contributed by atoms with E-state index in [-0.39, 0.29) is 11.6 Å². The smallest absolute Gasteiger partial charge is 0.185 e. The molecule has 2 aromatic rings. The number of allylic oxidation sites excluding steroid dienone is 5. The second kappa shape index (κ2) is 13.3. The zero-order chi connectivity index (χ0) is 19.9. The lowest BCUT2D eigenvalue weighted by atomic mass is 10.1. The van der Waals surface area contributed by atoms with Crippen LogP contribution < -0.4 is 0 Å². The highest BCUT2D eigenvalue weighted by Gasteiger charge is 2.04. The topological polar surface area (TPSA) is 45.8 Å². The van der Waals surface area contributed by atoms with Gasteiger partial charge in [0, 0.05) is 11.1 Å². The van der Waals surface area contributed by atoms with Gasteiger partial charge in [0.2, 0.25) is 0 Å². The molecule has 1 aromatic carbocycles. The second-order valence-electron chi connectivity index (χ2n) is 4.47. The SMILES string of the molecule is C=C/C=C(\C=C)C(=O)/C=C/c1cc(-c2ccc(F)cc2)n[nH]1.CC.CC. The van der Waals surface area contributed by atoms with Crippen molar-refractivity contribution in [3.63, 3.8) is 0 Å². The molecule has 2 rings (SSSR count). The van der Waals surface area contributed by atoms with Gasteiger partial charge in [0.1, 0.15) is 5.82 Å². The van der Waals surface area contributed by atoms with Gasteiger partial charge in [-0.3, -0.25) is 9.89 Å². The minimum absolute atomic E-state index is 0.173. The van der Waals surface area contributed by atoms with E-state index < -0.39 is 0 Å². The van der Waals surface area contributed by atoms with E-state index in [0.717, 1.165) is 5.56 Å². The van der Waals surface area contributed by atoms with Gasteiger partial charge < -0.3 is 0 Å². The van der Waals surface area contributed by atoms with Crippen LogP contribution in [0, 0.1) is 5.82 Å². The van der Waals surface area contributed by atoms with Crippen LogP contribution in [0.5, 0.6) is 0 Å². The van der Waals surface area contributed by atoms with Gasteiger partial charge in [0.15, 0.2) is 5.78 Å². The first-order chi connectivity index (χ1) is 12.6. The monoisotopic (exact) mass is 354 g/mol. The summed E-state index contributed by atoms with van der Waals surface area (Å²) < 4.78 is 12.9. The molecule has 0 fully saturated rings. The fourth-order valence-electron chi connectivity index (χ4n) is 1.83. The molecule has 3 nitrogen and oxygen atoms in total. The van der Waals surface area contributed by atoms with Gasteiger partial charge >= 0.3 is 0 Å². The molecule has 0 atom stereocenters. The number of nitrogens with zero attached hydrogens (tertiary/aromatic N) is 1. The largest absolute Gasteiger partial charge is 0.289 e. The summed E-state index contributed by atoms with van der Waals surface area (Å²) in [5, 5.41) is 6.95. The van der Waals surface area contributed by atoms with Crippen LogP contribution in [0.15, 0.2) is 73.4 Å². The van der Waals surface area contributed by atoms with Crippen molar-refractivity contribution in [1.29, 1.82) is 0 Å². The highest BCUT2D eigenvalue weighted by molar-refractivity contribution is 6.08. The number of H-pyrrole nitrogens is 1. The number of carbonyl (C=O) groups excluding carboxylic acids is 1. The van der Waals surface area contributed by atoms with Crippen molar-refractivity contribution < 1.29 is 9.18 Å². The third-order valence-electron chi connectivity index (χ3n) is 2.95. The van der Waals surface area contributed by atoms with Gasteiger partial charge in [-0.1, -0.05) is 59.1 Å². The first-order valence-corrected chi connectivity index (χ1v) is 8.63. The normalized spacial score (nSPS) is 10.3. The van der Waals surface area contributed by atoms with Crippen molar-refractivity contribution in [2.45, 2.75) is 27.7 Å². The van der Waals surface area contributed by atoms with Crippen LogP contribution in [0.4, 0.5) is 4.39 Å². The standard InChI is InChI=1S/C18H15FN2O.2C2H6/c1-3-5-13(4-2)18(22)11-10-16-12-17(21-20-16)14-6-8-15(19)9-7-14;2*1-2/h3-12H,1-2H2,(H,20,21);2*1-2H3/b11-10+,13-5+;;. The molecule has 0 radical (unpaired) electrons. The zero-order valence-electron chi connectivity index (χ0n) is 15.9. The molecule has 0 bridgehead atoms. The molecule has 26 heavy (non-hydrogen) atoms.